The van der Waals surface area contributed by atoms with Crippen molar-refractivity contribution in [1.29, 1.82) is 0 Å². The third-order valence-electron chi connectivity index (χ3n) is 6.29. The number of nitrogens with one attached hydrogen (secondary N) is 2. The van der Waals surface area contributed by atoms with Crippen molar-refractivity contribution in [2.45, 2.75) is 12.0 Å². The van der Waals surface area contributed by atoms with Crippen molar-refractivity contribution in [2.75, 3.05) is 10.6 Å². The average molecular weight is 445 g/mol. The van der Waals surface area contributed by atoms with Crippen LogP contribution in [0, 0.1) is 0 Å². The largest absolute Gasteiger partial charge is 0.372 e. The summed E-state index contributed by atoms with van der Waals surface area (Å²) in [7, 11) is 0. The van der Waals surface area contributed by atoms with Crippen LogP contribution in [0.2, 0.25) is 0 Å². The lowest BCUT2D eigenvalue weighted by molar-refractivity contribution is 0.609. The molecule has 5 aromatic rings. The van der Waals surface area contributed by atoms with Gasteiger partial charge in [0, 0.05) is 33.1 Å². The lowest BCUT2D eigenvalue weighted by Crippen LogP contribution is -2.37. The number of thiophene rings is 1. The molecule has 2 nitrogen and oxygen atoms in total. The van der Waals surface area contributed by atoms with Gasteiger partial charge in [-0.2, -0.15) is 0 Å². The van der Waals surface area contributed by atoms with Crippen molar-refractivity contribution in [3.8, 4) is 0 Å². The van der Waals surface area contributed by atoms with E-state index in [1.165, 1.54) is 26.1 Å². The maximum atomic E-state index is 3.86. The van der Waals surface area contributed by atoms with Gasteiger partial charge in [0.05, 0.1) is 5.54 Å². The molecule has 1 atom stereocenters. The van der Waals surface area contributed by atoms with E-state index < -0.39 is 0 Å². The highest BCUT2D eigenvalue weighted by Crippen LogP contribution is 2.44. The Kier molecular flexibility index (Phi) is 4.97. The summed E-state index contributed by atoms with van der Waals surface area (Å²) in [5.74, 6) is 0. The molecule has 1 aliphatic rings. The summed E-state index contributed by atoms with van der Waals surface area (Å²) >= 11 is 1.87. The van der Waals surface area contributed by atoms with E-state index in [1.807, 2.05) is 17.4 Å². The van der Waals surface area contributed by atoms with Gasteiger partial charge >= 0.3 is 0 Å². The van der Waals surface area contributed by atoms with E-state index in [4.69, 9.17) is 0 Å². The smallest absolute Gasteiger partial charge is 0.0854 e. The number of anilines is 3. The quantitative estimate of drug-likeness (QED) is 0.285. The highest BCUT2D eigenvalue weighted by molar-refractivity contribution is 7.20. The molecule has 0 spiro atoms. The summed E-state index contributed by atoms with van der Waals surface area (Å²) in [6, 6.07) is 38.4. The van der Waals surface area contributed by atoms with Gasteiger partial charge in [0.2, 0.25) is 0 Å². The lowest BCUT2D eigenvalue weighted by atomic mass is 9.79. The van der Waals surface area contributed by atoms with Gasteiger partial charge in [0.15, 0.2) is 0 Å². The predicted molar refractivity (Wildman–Crippen MR) is 142 cm³/mol. The third kappa shape index (κ3) is 3.81. The summed E-state index contributed by atoms with van der Waals surface area (Å²) in [5.41, 5.74) is 5.75. The molecule has 0 aliphatic heterocycles. The molecule has 3 heteroatoms. The molecule has 0 saturated carbocycles. The molecule has 33 heavy (non-hydrogen) atoms. The van der Waals surface area contributed by atoms with E-state index in [1.54, 1.807) is 0 Å². The molecule has 1 aliphatic carbocycles. The topological polar surface area (TPSA) is 24.1 Å². The van der Waals surface area contributed by atoms with E-state index in [2.05, 4.69) is 126 Å². The summed E-state index contributed by atoms with van der Waals surface area (Å²) in [6.45, 7) is 0. The highest BCUT2D eigenvalue weighted by atomic mass is 32.1. The van der Waals surface area contributed by atoms with Crippen molar-refractivity contribution < 1.29 is 0 Å². The van der Waals surface area contributed by atoms with E-state index in [-0.39, 0.29) is 5.54 Å². The molecule has 2 N–H and O–H groups in total. The number of para-hydroxylation sites is 2. The first-order valence-electron chi connectivity index (χ1n) is 11.2. The van der Waals surface area contributed by atoms with Gasteiger partial charge < -0.3 is 10.6 Å². The number of hydrogen-bond donors (Lipinski definition) is 2. The van der Waals surface area contributed by atoms with Crippen LogP contribution in [0.15, 0.2) is 115 Å². The first-order chi connectivity index (χ1) is 16.3. The zero-order valence-corrected chi connectivity index (χ0v) is 19.0. The molecule has 0 bridgehead atoms. The minimum Gasteiger partial charge on any atom is -0.372 e. The Hall–Kier alpha value is -3.82. The second kappa shape index (κ2) is 8.27. The molecule has 1 unspecified atom stereocenters. The Balaban J connectivity index is 1.39. The van der Waals surface area contributed by atoms with Gasteiger partial charge in [-0.15, -0.1) is 11.3 Å². The van der Waals surface area contributed by atoms with E-state index in [0.29, 0.717) is 0 Å². The van der Waals surface area contributed by atoms with Crippen LogP contribution < -0.4 is 10.6 Å². The van der Waals surface area contributed by atoms with Gasteiger partial charge in [0.25, 0.3) is 0 Å². The number of hydrogen-bond acceptors (Lipinski definition) is 3. The van der Waals surface area contributed by atoms with Crippen LogP contribution in [0.3, 0.4) is 0 Å². The number of fused-ring (bicyclic) bond motifs is 3. The van der Waals surface area contributed by atoms with Gasteiger partial charge in [0.1, 0.15) is 0 Å². The molecular weight excluding hydrogens is 420 g/mol. The third-order valence-corrected chi connectivity index (χ3v) is 7.45. The second-order valence-electron chi connectivity index (χ2n) is 8.49. The molecular formula is C30H24N2S. The van der Waals surface area contributed by atoms with Crippen LogP contribution in [-0.2, 0) is 12.0 Å². The second-order valence-corrected chi connectivity index (χ2v) is 9.57. The molecule has 1 heterocycles. The summed E-state index contributed by atoms with van der Waals surface area (Å²) in [5, 5.41) is 8.72. The standard InChI is InChI=1S/C30H24N2S/c1-4-10-22(11-5-1)30(32-24-14-8-3-9-15-24)19-18-28-27(21-30)26-17-16-25(20-29(26)33-28)31-23-12-6-2-7-13-23/h1-20,31-32H,21H2. The van der Waals surface area contributed by atoms with Gasteiger partial charge in [-0.3, -0.25) is 0 Å². The van der Waals surface area contributed by atoms with Crippen molar-refractivity contribution in [3.05, 3.63) is 131 Å². The number of rotatable bonds is 5. The minimum absolute atomic E-state index is 0.287. The molecule has 0 radical (unpaired) electrons. The van der Waals surface area contributed by atoms with E-state index >= 15 is 0 Å². The Labute approximate surface area is 198 Å². The molecule has 1 aromatic heterocycles. The van der Waals surface area contributed by atoms with E-state index in [9.17, 15) is 0 Å². The summed E-state index contributed by atoms with van der Waals surface area (Å²) in [6.07, 6.45) is 5.55. The molecule has 0 saturated heterocycles. The van der Waals surface area contributed by atoms with Crippen molar-refractivity contribution in [1.82, 2.24) is 0 Å². The van der Waals surface area contributed by atoms with Crippen LogP contribution >= 0.6 is 11.3 Å². The lowest BCUT2D eigenvalue weighted by Gasteiger charge is -2.36. The zero-order valence-electron chi connectivity index (χ0n) is 18.2. The fraction of sp³-hybridized carbons (Fsp3) is 0.0667. The molecule has 4 aromatic carbocycles. The van der Waals surface area contributed by atoms with E-state index in [0.717, 1.165) is 23.5 Å². The highest BCUT2D eigenvalue weighted by Gasteiger charge is 2.34. The fourth-order valence-corrected chi connectivity index (χ4v) is 5.84. The normalized spacial score (nSPS) is 17.0. The zero-order chi connectivity index (χ0) is 22.1. The predicted octanol–water partition coefficient (Wildman–Crippen LogP) is 8.22. The first-order valence-corrected chi connectivity index (χ1v) is 12.1. The minimum atomic E-state index is -0.287. The Morgan fingerprint density at radius 2 is 1.33 bits per heavy atom. The van der Waals surface area contributed by atoms with Crippen molar-refractivity contribution >= 4 is 44.6 Å². The molecule has 160 valence electrons. The van der Waals surface area contributed by atoms with Gasteiger partial charge in [-0.1, -0.05) is 78.9 Å². The van der Waals surface area contributed by atoms with Gasteiger partial charge in [-0.25, -0.2) is 0 Å². The van der Waals surface area contributed by atoms with Crippen molar-refractivity contribution in [2.24, 2.45) is 0 Å². The number of benzene rings is 4. The monoisotopic (exact) mass is 444 g/mol. The molecule has 0 amide bonds. The summed E-state index contributed by atoms with van der Waals surface area (Å²) < 4.78 is 1.31. The maximum Gasteiger partial charge on any atom is 0.0854 e. The van der Waals surface area contributed by atoms with Crippen molar-refractivity contribution in [3.63, 3.8) is 0 Å². The molecule has 0 fully saturated rings. The fourth-order valence-electron chi connectivity index (χ4n) is 4.68. The average Bonchev–Trinajstić information content (AvgIpc) is 3.22. The summed E-state index contributed by atoms with van der Waals surface area (Å²) in [4.78, 5) is 1.35. The van der Waals surface area contributed by atoms with Crippen LogP contribution in [0.5, 0.6) is 0 Å². The molecule has 6 rings (SSSR count). The SMILES string of the molecule is C1=CC(Nc2ccccc2)(c2ccccc2)Cc2c1sc1cc(Nc3ccccc3)ccc21. The van der Waals surface area contributed by atoms with Gasteiger partial charge in [-0.05, 0) is 59.0 Å². The van der Waals surface area contributed by atoms with Crippen LogP contribution in [0.1, 0.15) is 16.0 Å². The Morgan fingerprint density at radius 1 is 0.667 bits per heavy atom. The van der Waals surface area contributed by atoms with Crippen LogP contribution in [-0.4, -0.2) is 0 Å². The Bertz CT molecular complexity index is 1420. The van der Waals surface area contributed by atoms with Crippen LogP contribution in [0.25, 0.3) is 16.2 Å². The van der Waals surface area contributed by atoms with Crippen LogP contribution in [0.4, 0.5) is 17.1 Å². The first kappa shape index (κ1) is 19.8. The maximum absolute atomic E-state index is 3.86. The Morgan fingerprint density at radius 3 is 2.06 bits per heavy atom.